The Hall–Kier alpha value is -1.88. The van der Waals surface area contributed by atoms with Crippen molar-refractivity contribution in [1.29, 1.82) is 0 Å². The van der Waals surface area contributed by atoms with Crippen molar-refractivity contribution < 1.29 is 4.74 Å². The normalized spacial score (nSPS) is 18.2. The van der Waals surface area contributed by atoms with Crippen LogP contribution in [0.4, 0.5) is 0 Å². The molecule has 1 unspecified atom stereocenters. The maximum Gasteiger partial charge on any atom is 0.262 e. The summed E-state index contributed by atoms with van der Waals surface area (Å²) in [5, 5.41) is 7.94. The van der Waals surface area contributed by atoms with Gasteiger partial charge in [-0.3, -0.25) is 0 Å². The number of nitrogens with one attached hydrogen (secondary N) is 1. The largest absolute Gasteiger partial charge is 0.428 e. The zero-order valence-corrected chi connectivity index (χ0v) is 10.1. The van der Waals surface area contributed by atoms with E-state index in [0.29, 0.717) is 5.17 Å². The predicted octanol–water partition coefficient (Wildman–Crippen LogP) is 2.20. The number of benzene rings is 1. The van der Waals surface area contributed by atoms with Gasteiger partial charge in [0, 0.05) is 0 Å². The lowest BCUT2D eigenvalue weighted by Crippen LogP contribution is -2.33. The summed E-state index contributed by atoms with van der Waals surface area (Å²) in [7, 11) is 0. The molecule has 4 nitrogen and oxygen atoms in total. The summed E-state index contributed by atoms with van der Waals surface area (Å²) in [5.74, 6) is 0.727. The molecule has 86 valence electrons. The number of para-hydroxylation sites is 1. The number of rotatable bonds is 1. The molecular weight excluding hydrogens is 234 g/mol. The molecule has 17 heavy (non-hydrogen) atoms. The molecule has 3 rings (SSSR count). The number of thiocarbonyl (C=S) groups is 1. The number of fused-ring (bicyclic) bond motifs is 1. The first-order chi connectivity index (χ1) is 8.24. The number of ether oxygens (including phenoxy) is 1. The van der Waals surface area contributed by atoms with Crippen molar-refractivity contribution >= 4 is 17.4 Å². The molecule has 1 aliphatic rings. The molecule has 1 N–H and O–H groups in total. The zero-order chi connectivity index (χ0) is 11.8. The Labute approximate surface area is 104 Å². The van der Waals surface area contributed by atoms with Crippen LogP contribution in [-0.4, -0.2) is 15.0 Å². The van der Waals surface area contributed by atoms with E-state index in [-0.39, 0.29) is 6.04 Å². The highest BCUT2D eigenvalue weighted by Crippen LogP contribution is 2.28. The summed E-state index contributed by atoms with van der Waals surface area (Å²) in [6, 6.07) is 10.00. The molecule has 0 bridgehead atoms. The van der Waals surface area contributed by atoms with Crippen LogP contribution in [0, 0.1) is 0 Å². The lowest BCUT2D eigenvalue weighted by Gasteiger charge is -2.20. The van der Waals surface area contributed by atoms with Crippen LogP contribution in [0.3, 0.4) is 0 Å². The van der Waals surface area contributed by atoms with Gasteiger partial charge in [0.05, 0.1) is 17.9 Å². The molecule has 0 saturated carbocycles. The van der Waals surface area contributed by atoms with Crippen molar-refractivity contribution in [2.75, 3.05) is 0 Å². The van der Waals surface area contributed by atoms with Crippen molar-refractivity contribution in [2.45, 2.75) is 13.0 Å². The van der Waals surface area contributed by atoms with E-state index in [1.165, 1.54) is 0 Å². The summed E-state index contributed by atoms with van der Waals surface area (Å²) < 4.78 is 7.24. The summed E-state index contributed by atoms with van der Waals surface area (Å²) in [5.41, 5.74) is 1.88. The third kappa shape index (κ3) is 1.78. The van der Waals surface area contributed by atoms with E-state index in [1.54, 1.807) is 4.68 Å². The van der Waals surface area contributed by atoms with E-state index in [0.717, 1.165) is 17.1 Å². The predicted molar refractivity (Wildman–Crippen MR) is 68.3 cm³/mol. The van der Waals surface area contributed by atoms with Crippen LogP contribution in [-0.2, 0) is 0 Å². The van der Waals surface area contributed by atoms with E-state index in [9.17, 15) is 0 Å². The van der Waals surface area contributed by atoms with Gasteiger partial charge in [-0.05, 0) is 31.3 Å². The van der Waals surface area contributed by atoms with Gasteiger partial charge in [-0.2, -0.15) is 5.10 Å². The third-order valence-electron chi connectivity index (χ3n) is 2.68. The standard InChI is InChI=1S/C12H11N3OS/c1-8-11-10(16-12(17)13-8)7-15(14-11)9-5-3-2-4-6-9/h2-8H,1H3,(H,13,17). The van der Waals surface area contributed by atoms with Gasteiger partial charge in [0.1, 0.15) is 5.69 Å². The Balaban J connectivity index is 2.05. The fraction of sp³-hybridized carbons (Fsp3) is 0.167. The molecule has 0 fully saturated rings. The molecule has 1 atom stereocenters. The average molecular weight is 245 g/mol. The van der Waals surface area contributed by atoms with Gasteiger partial charge in [0.2, 0.25) is 0 Å². The minimum Gasteiger partial charge on any atom is -0.428 e. The van der Waals surface area contributed by atoms with Crippen LogP contribution in [0.2, 0.25) is 0 Å². The van der Waals surface area contributed by atoms with E-state index < -0.39 is 0 Å². The van der Waals surface area contributed by atoms with Crippen molar-refractivity contribution in [3.8, 4) is 11.4 Å². The topological polar surface area (TPSA) is 39.1 Å². The molecule has 2 aromatic rings. The minimum absolute atomic E-state index is 0.0798. The Kier molecular flexibility index (Phi) is 2.33. The molecule has 0 radical (unpaired) electrons. The quantitative estimate of drug-likeness (QED) is 0.782. The fourth-order valence-electron chi connectivity index (χ4n) is 1.84. The third-order valence-corrected chi connectivity index (χ3v) is 2.88. The molecule has 1 aliphatic heterocycles. The van der Waals surface area contributed by atoms with Crippen molar-refractivity contribution in [3.05, 3.63) is 42.2 Å². The molecule has 5 heteroatoms. The van der Waals surface area contributed by atoms with Crippen LogP contribution in [0.25, 0.3) is 5.69 Å². The maximum atomic E-state index is 5.44. The summed E-state index contributed by atoms with van der Waals surface area (Å²) >= 11 is 5.01. The second-order valence-corrected chi connectivity index (χ2v) is 4.29. The highest BCUT2D eigenvalue weighted by Gasteiger charge is 2.24. The molecule has 0 aliphatic carbocycles. The van der Waals surface area contributed by atoms with Crippen LogP contribution in [0.5, 0.6) is 5.75 Å². The van der Waals surface area contributed by atoms with Crippen LogP contribution < -0.4 is 10.1 Å². The molecule has 0 spiro atoms. The highest BCUT2D eigenvalue weighted by molar-refractivity contribution is 7.80. The van der Waals surface area contributed by atoms with Crippen molar-refractivity contribution in [3.63, 3.8) is 0 Å². The van der Waals surface area contributed by atoms with E-state index in [1.807, 2.05) is 43.5 Å². The Morgan fingerprint density at radius 3 is 2.88 bits per heavy atom. The molecule has 1 aromatic carbocycles. The lowest BCUT2D eigenvalue weighted by molar-refractivity contribution is 0.463. The molecule has 1 aromatic heterocycles. The first-order valence-corrected chi connectivity index (χ1v) is 5.78. The van der Waals surface area contributed by atoms with Gasteiger partial charge in [0.15, 0.2) is 5.75 Å². The van der Waals surface area contributed by atoms with Gasteiger partial charge in [0.25, 0.3) is 5.17 Å². The van der Waals surface area contributed by atoms with Gasteiger partial charge in [-0.25, -0.2) is 4.68 Å². The summed E-state index contributed by atoms with van der Waals surface area (Å²) in [4.78, 5) is 0. The second-order valence-electron chi connectivity index (χ2n) is 3.91. The van der Waals surface area contributed by atoms with Gasteiger partial charge >= 0.3 is 0 Å². The van der Waals surface area contributed by atoms with Crippen LogP contribution in [0.15, 0.2) is 36.5 Å². The van der Waals surface area contributed by atoms with Gasteiger partial charge in [-0.15, -0.1) is 0 Å². The number of hydrogen-bond acceptors (Lipinski definition) is 3. The first kappa shape index (κ1) is 10.3. The monoisotopic (exact) mass is 245 g/mol. The van der Waals surface area contributed by atoms with Gasteiger partial charge < -0.3 is 10.1 Å². The van der Waals surface area contributed by atoms with E-state index in [4.69, 9.17) is 17.0 Å². The molecule has 0 amide bonds. The van der Waals surface area contributed by atoms with Crippen LogP contribution >= 0.6 is 12.2 Å². The van der Waals surface area contributed by atoms with E-state index in [2.05, 4.69) is 10.4 Å². The number of nitrogens with zero attached hydrogens (tertiary/aromatic N) is 2. The molecule has 2 heterocycles. The number of aromatic nitrogens is 2. The lowest BCUT2D eigenvalue weighted by atomic mass is 10.2. The molecule has 0 saturated heterocycles. The Morgan fingerprint density at radius 1 is 1.35 bits per heavy atom. The number of hydrogen-bond donors (Lipinski definition) is 1. The van der Waals surface area contributed by atoms with Crippen molar-refractivity contribution in [2.24, 2.45) is 0 Å². The first-order valence-electron chi connectivity index (χ1n) is 5.37. The SMILES string of the molecule is CC1NC(=S)Oc2cn(-c3ccccc3)nc21. The highest BCUT2D eigenvalue weighted by atomic mass is 32.1. The summed E-state index contributed by atoms with van der Waals surface area (Å²) in [6.45, 7) is 2.01. The maximum absolute atomic E-state index is 5.44. The minimum atomic E-state index is 0.0798. The molecular formula is C12H11N3OS. The van der Waals surface area contributed by atoms with Crippen molar-refractivity contribution in [1.82, 2.24) is 15.1 Å². The average Bonchev–Trinajstić information content (AvgIpc) is 2.74. The smallest absolute Gasteiger partial charge is 0.262 e. The van der Waals surface area contributed by atoms with E-state index >= 15 is 0 Å². The van der Waals surface area contributed by atoms with Crippen LogP contribution in [0.1, 0.15) is 18.7 Å². The Morgan fingerprint density at radius 2 is 2.12 bits per heavy atom. The fourth-order valence-corrected chi connectivity index (χ4v) is 2.10. The zero-order valence-electron chi connectivity index (χ0n) is 9.25. The second kappa shape index (κ2) is 3.85. The Bertz CT molecular complexity index is 564. The van der Waals surface area contributed by atoms with Gasteiger partial charge in [-0.1, -0.05) is 18.2 Å². The summed E-state index contributed by atoms with van der Waals surface area (Å²) in [6.07, 6.45) is 1.86.